The maximum Gasteiger partial charge on any atom is 0.213 e. The Bertz CT molecular complexity index is 185. The molecule has 0 amide bonds. The van der Waals surface area contributed by atoms with Gasteiger partial charge >= 0.3 is 0 Å². The van der Waals surface area contributed by atoms with Crippen molar-refractivity contribution < 1.29 is 24.9 Å². The molecule has 0 aromatic carbocycles. The Labute approximate surface area is 64.7 Å². The largest absolute Gasteiger partial charge is 0.382 e. The van der Waals surface area contributed by atoms with Crippen LogP contribution >= 0.6 is 0 Å². The minimum absolute atomic E-state index is 0.753. The van der Waals surface area contributed by atoms with Crippen molar-refractivity contribution in [2.24, 2.45) is 0 Å². The summed E-state index contributed by atoms with van der Waals surface area (Å²) < 4.78 is 11.3. The van der Waals surface area contributed by atoms with E-state index in [9.17, 15) is 4.79 Å². The SMILES string of the molecule is [3H]OC1OC(C)C(O)C(=O)C1O. The average molecular weight is 164 g/mol. The number of carbonyl (C=O) groups is 1. The van der Waals surface area contributed by atoms with Crippen LogP contribution in [0.4, 0.5) is 0 Å². The second-order valence-corrected chi connectivity index (χ2v) is 2.50. The van der Waals surface area contributed by atoms with Gasteiger partial charge in [0.1, 0.15) is 6.10 Å². The molecular weight excluding hydrogens is 152 g/mol. The molecule has 1 fully saturated rings. The molecule has 4 unspecified atom stereocenters. The Morgan fingerprint density at radius 1 is 1.55 bits per heavy atom. The van der Waals surface area contributed by atoms with Gasteiger partial charge in [0.15, 0.2) is 18.2 Å². The molecular formula is C6H10O5. The highest BCUT2D eigenvalue weighted by Gasteiger charge is 2.40. The second kappa shape index (κ2) is 2.86. The summed E-state index contributed by atoms with van der Waals surface area (Å²) >= 11 is 0. The van der Waals surface area contributed by atoms with Crippen LogP contribution in [0.5, 0.6) is 0 Å². The zero-order valence-corrected chi connectivity index (χ0v) is 5.93. The predicted octanol–water partition coefficient (Wildman–Crippen LogP) is -1.99. The van der Waals surface area contributed by atoms with Crippen LogP contribution in [0.15, 0.2) is 0 Å². The molecule has 0 spiro atoms. The van der Waals surface area contributed by atoms with Crippen molar-refractivity contribution >= 4 is 5.78 Å². The molecule has 0 bridgehead atoms. The number of rotatable bonds is 1. The van der Waals surface area contributed by atoms with Gasteiger partial charge in [-0.15, -0.1) is 0 Å². The first kappa shape index (κ1) is 7.17. The lowest BCUT2D eigenvalue weighted by molar-refractivity contribution is -0.229. The zero-order chi connectivity index (χ0) is 9.30. The van der Waals surface area contributed by atoms with Crippen LogP contribution in [0, 0.1) is 0 Å². The third kappa shape index (κ3) is 1.41. The standard InChI is InChI=1S/C6H10O5/c1-2-3(7)4(8)5(9)6(10)11-2/h2-3,5-7,9-10H,1H3/i10T. The monoisotopic (exact) mass is 164 g/mol. The van der Waals surface area contributed by atoms with Crippen LogP contribution in [0.1, 0.15) is 6.92 Å². The molecule has 4 atom stereocenters. The number of carbonyl (C=O) groups excluding carboxylic acids is 1. The van der Waals surface area contributed by atoms with Gasteiger partial charge in [-0.05, 0) is 6.92 Å². The lowest BCUT2D eigenvalue weighted by Gasteiger charge is -2.31. The highest BCUT2D eigenvalue weighted by atomic mass is 16.6. The molecule has 0 aromatic rings. The van der Waals surface area contributed by atoms with Crippen LogP contribution < -0.4 is 0 Å². The van der Waals surface area contributed by atoms with Crippen molar-refractivity contribution in [3.05, 3.63) is 0 Å². The second-order valence-electron chi connectivity index (χ2n) is 2.50. The van der Waals surface area contributed by atoms with E-state index < -0.39 is 30.4 Å². The van der Waals surface area contributed by atoms with E-state index in [1.54, 1.807) is 0 Å². The molecule has 64 valence electrons. The summed E-state index contributed by atoms with van der Waals surface area (Å²) in [6.07, 6.45) is -4.97. The molecule has 0 radical (unpaired) electrons. The van der Waals surface area contributed by atoms with Gasteiger partial charge in [0, 0.05) is 0 Å². The number of hydrogen-bond acceptors (Lipinski definition) is 5. The summed E-state index contributed by atoms with van der Waals surface area (Å²) in [7, 11) is 0. The van der Waals surface area contributed by atoms with Gasteiger partial charge < -0.3 is 20.1 Å². The summed E-state index contributed by atoms with van der Waals surface area (Å²) in [6.45, 7) is 1.46. The van der Waals surface area contributed by atoms with Gasteiger partial charge in [-0.1, -0.05) is 0 Å². The Morgan fingerprint density at radius 3 is 2.73 bits per heavy atom. The summed E-state index contributed by atoms with van der Waals surface area (Å²) in [6, 6.07) is 0. The fourth-order valence-electron chi connectivity index (χ4n) is 0.901. The maximum absolute atomic E-state index is 11.0. The van der Waals surface area contributed by atoms with Crippen LogP contribution in [0.25, 0.3) is 0 Å². The number of Topliss-reactive ketones (excluding diaryl/α,β-unsaturated/α-hetero) is 1. The highest BCUT2D eigenvalue weighted by molar-refractivity contribution is 5.88. The van der Waals surface area contributed by atoms with Gasteiger partial charge in [-0.25, -0.2) is 0 Å². The minimum atomic E-state index is -1.58. The average Bonchev–Trinajstić information content (AvgIpc) is 2.08. The van der Waals surface area contributed by atoms with Crippen LogP contribution in [-0.2, 0) is 9.53 Å². The maximum atomic E-state index is 11.0. The molecule has 0 aliphatic carbocycles. The molecule has 1 rings (SSSR count). The molecule has 3 N–H and O–H groups in total. The molecule has 1 aliphatic rings. The number of aliphatic hydroxyl groups is 3. The molecule has 5 heteroatoms. The van der Waals surface area contributed by atoms with E-state index in [0.29, 0.717) is 0 Å². The topological polar surface area (TPSA) is 87.0 Å². The zero-order valence-electron chi connectivity index (χ0n) is 6.93. The summed E-state index contributed by atoms with van der Waals surface area (Å²) in [5.41, 5.74) is 0. The summed E-state index contributed by atoms with van der Waals surface area (Å²) in [5, 5.41) is 22.1. The van der Waals surface area contributed by atoms with E-state index in [0.717, 1.165) is 0 Å². The fraction of sp³-hybridized carbons (Fsp3) is 0.833. The van der Waals surface area contributed by atoms with E-state index >= 15 is 0 Å². The van der Waals surface area contributed by atoms with Crippen molar-refractivity contribution in [1.29, 1.82) is 1.43 Å². The minimum Gasteiger partial charge on any atom is -0.382 e. The van der Waals surface area contributed by atoms with E-state index in [-0.39, 0.29) is 0 Å². The molecule has 5 nitrogen and oxygen atoms in total. The van der Waals surface area contributed by atoms with Crippen LogP contribution in [0.3, 0.4) is 0 Å². The van der Waals surface area contributed by atoms with Crippen molar-refractivity contribution in [1.82, 2.24) is 0 Å². The number of hydrogen-bond donors (Lipinski definition) is 3. The van der Waals surface area contributed by atoms with E-state index in [1.807, 2.05) is 0 Å². The Hall–Kier alpha value is -0.490. The Kier molecular flexibility index (Phi) is 1.87. The van der Waals surface area contributed by atoms with Crippen LogP contribution in [-0.4, -0.2) is 47.1 Å². The normalized spacial score (nSPS) is 47.2. The first-order valence-corrected chi connectivity index (χ1v) is 3.25. The molecule has 0 saturated carbocycles. The smallest absolute Gasteiger partial charge is 0.213 e. The number of ketones is 1. The van der Waals surface area contributed by atoms with Gasteiger partial charge in [0.2, 0.25) is 1.43 Å². The molecule has 11 heavy (non-hydrogen) atoms. The van der Waals surface area contributed by atoms with Crippen LogP contribution in [0.2, 0.25) is 0 Å². The first-order valence-electron chi connectivity index (χ1n) is 3.66. The number of ether oxygens (including phenoxy) is 1. The molecule has 1 aliphatic heterocycles. The third-order valence-electron chi connectivity index (χ3n) is 1.63. The van der Waals surface area contributed by atoms with Gasteiger partial charge in [-0.3, -0.25) is 4.79 Å². The molecule has 1 heterocycles. The molecule has 0 aromatic heterocycles. The lowest BCUT2D eigenvalue weighted by Crippen LogP contribution is -2.53. The molecule has 1 saturated heterocycles. The Morgan fingerprint density at radius 2 is 2.18 bits per heavy atom. The number of aliphatic hydroxyl groups excluding tert-OH is 3. The van der Waals surface area contributed by atoms with Gasteiger partial charge in [0.25, 0.3) is 0 Å². The predicted molar refractivity (Wildman–Crippen MR) is 33.6 cm³/mol. The van der Waals surface area contributed by atoms with Crippen molar-refractivity contribution in [3.63, 3.8) is 0 Å². The lowest BCUT2D eigenvalue weighted by atomic mass is 10.0. The Balaban J connectivity index is 2.70. The first-order chi connectivity index (χ1) is 5.57. The van der Waals surface area contributed by atoms with Crippen molar-refractivity contribution in [2.75, 3.05) is 0 Å². The van der Waals surface area contributed by atoms with E-state index in [4.69, 9.17) is 16.4 Å². The fourth-order valence-corrected chi connectivity index (χ4v) is 0.901. The highest BCUT2D eigenvalue weighted by Crippen LogP contribution is 2.14. The van der Waals surface area contributed by atoms with Gasteiger partial charge in [-0.2, -0.15) is 0 Å². The third-order valence-corrected chi connectivity index (χ3v) is 1.63. The van der Waals surface area contributed by atoms with Crippen molar-refractivity contribution in [2.45, 2.75) is 31.5 Å². The van der Waals surface area contributed by atoms with E-state index in [2.05, 4.69) is 5.11 Å². The quantitative estimate of drug-likeness (QED) is 0.418. The van der Waals surface area contributed by atoms with E-state index in [1.165, 1.54) is 6.92 Å². The van der Waals surface area contributed by atoms with Crippen molar-refractivity contribution in [3.8, 4) is 0 Å². The summed E-state index contributed by atoms with van der Waals surface area (Å²) in [4.78, 5) is 11.0. The summed E-state index contributed by atoms with van der Waals surface area (Å²) in [5.74, 6) is -0.772. The van der Waals surface area contributed by atoms with Gasteiger partial charge in [0.05, 0.1) is 6.10 Å².